The number of halogens is 1. The van der Waals surface area contributed by atoms with Gasteiger partial charge in [0.25, 0.3) is 0 Å². The summed E-state index contributed by atoms with van der Waals surface area (Å²) in [5.41, 5.74) is 1.51. The molecule has 0 fully saturated rings. The molecule has 180 valence electrons. The van der Waals surface area contributed by atoms with Crippen LogP contribution in [0.15, 0.2) is 67.4 Å². The Labute approximate surface area is 201 Å². The first-order chi connectivity index (χ1) is 17.1. The summed E-state index contributed by atoms with van der Waals surface area (Å²) in [6, 6.07) is 13.1. The van der Waals surface area contributed by atoms with Crippen molar-refractivity contribution in [2.24, 2.45) is 0 Å². The lowest BCUT2D eigenvalue weighted by atomic mass is 10.3. The minimum absolute atomic E-state index is 0.128. The minimum atomic E-state index is -0.526. The molecule has 0 aliphatic rings. The average molecular weight is 477 g/mol. The highest BCUT2D eigenvalue weighted by molar-refractivity contribution is 5.99. The molecule has 0 saturated heterocycles. The van der Waals surface area contributed by atoms with E-state index in [4.69, 9.17) is 14.2 Å². The van der Waals surface area contributed by atoms with Crippen molar-refractivity contribution in [1.82, 2.24) is 15.0 Å². The topological polar surface area (TPSA) is 110 Å². The summed E-state index contributed by atoms with van der Waals surface area (Å²) in [5, 5.41) is 6.33. The number of nitrogens with one attached hydrogen (secondary N) is 3. The predicted octanol–water partition coefficient (Wildman–Crippen LogP) is 5.17. The predicted molar refractivity (Wildman–Crippen MR) is 131 cm³/mol. The second-order valence-corrected chi connectivity index (χ2v) is 7.23. The molecule has 0 spiro atoms. The van der Waals surface area contributed by atoms with E-state index in [2.05, 4.69) is 32.2 Å². The number of hydrogen-bond donors (Lipinski definition) is 3. The number of benzene rings is 2. The van der Waals surface area contributed by atoms with Gasteiger partial charge in [-0.15, -0.1) is 0 Å². The van der Waals surface area contributed by atoms with Gasteiger partial charge in [-0.2, -0.15) is 9.97 Å². The smallest absolute Gasteiger partial charge is 0.247 e. The second kappa shape index (κ2) is 11.1. The molecule has 9 nitrogen and oxygen atoms in total. The summed E-state index contributed by atoms with van der Waals surface area (Å²) in [6.07, 6.45) is 2.90. The van der Waals surface area contributed by atoms with Gasteiger partial charge in [-0.25, -0.2) is 4.39 Å². The zero-order valence-electron chi connectivity index (χ0n) is 19.0. The number of anilines is 3. The van der Waals surface area contributed by atoms with E-state index < -0.39 is 5.82 Å². The summed E-state index contributed by atoms with van der Waals surface area (Å²) < 4.78 is 31.1. The molecule has 1 amide bonds. The van der Waals surface area contributed by atoms with Crippen LogP contribution < -0.4 is 20.1 Å². The highest BCUT2D eigenvalue weighted by Crippen LogP contribution is 2.31. The maximum atomic E-state index is 14.5. The van der Waals surface area contributed by atoms with Crippen LogP contribution in [0.5, 0.6) is 17.4 Å². The lowest BCUT2D eigenvalue weighted by Gasteiger charge is -2.12. The largest absolute Gasteiger partial charge is 0.488 e. The van der Waals surface area contributed by atoms with E-state index in [1.165, 1.54) is 18.2 Å². The number of rotatable bonds is 11. The van der Waals surface area contributed by atoms with Gasteiger partial charge in [0.1, 0.15) is 18.0 Å². The van der Waals surface area contributed by atoms with E-state index >= 15 is 0 Å². The van der Waals surface area contributed by atoms with Gasteiger partial charge in [-0.1, -0.05) is 12.6 Å². The molecule has 0 aliphatic carbocycles. The van der Waals surface area contributed by atoms with Crippen LogP contribution in [-0.4, -0.2) is 40.7 Å². The van der Waals surface area contributed by atoms with Crippen molar-refractivity contribution in [1.29, 1.82) is 0 Å². The summed E-state index contributed by atoms with van der Waals surface area (Å²) in [7, 11) is 0. The number of H-pyrrole nitrogens is 1. The number of hydrogen-bond acceptors (Lipinski definition) is 7. The Morgan fingerprint density at radius 1 is 1.14 bits per heavy atom. The zero-order chi connectivity index (χ0) is 24.6. The summed E-state index contributed by atoms with van der Waals surface area (Å²) in [4.78, 5) is 23.5. The molecule has 4 rings (SSSR count). The Bertz CT molecular complexity index is 1340. The van der Waals surface area contributed by atoms with Gasteiger partial charge in [0.05, 0.1) is 12.0 Å². The van der Waals surface area contributed by atoms with E-state index in [1.807, 2.05) is 6.92 Å². The van der Waals surface area contributed by atoms with Crippen LogP contribution in [0.3, 0.4) is 0 Å². The molecule has 0 unspecified atom stereocenters. The average Bonchev–Trinajstić information content (AvgIpc) is 3.32. The Balaban J connectivity index is 1.53. The summed E-state index contributed by atoms with van der Waals surface area (Å²) in [6.45, 7) is 6.53. The van der Waals surface area contributed by atoms with Crippen molar-refractivity contribution in [3.8, 4) is 17.4 Å². The molecule has 0 saturated carbocycles. The molecular formula is C25H24FN5O4. The van der Waals surface area contributed by atoms with Crippen molar-refractivity contribution in [3.63, 3.8) is 0 Å². The first-order valence-electron chi connectivity index (χ1n) is 10.9. The monoisotopic (exact) mass is 477 g/mol. The fourth-order valence-electron chi connectivity index (χ4n) is 3.17. The van der Waals surface area contributed by atoms with Crippen molar-refractivity contribution in [2.75, 3.05) is 30.5 Å². The van der Waals surface area contributed by atoms with Gasteiger partial charge in [-0.3, -0.25) is 4.79 Å². The van der Waals surface area contributed by atoms with E-state index in [-0.39, 0.29) is 30.1 Å². The molecule has 2 aromatic carbocycles. The van der Waals surface area contributed by atoms with Gasteiger partial charge in [0.2, 0.25) is 17.7 Å². The molecule has 10 heteroatoms. The van der Waals surface area contributed by atoms with Crippen LogP contribution in [0.4, 0.5) is 21.7 Å². The quantitative estimate of drug-likeness (QED) is 0.202. The highest BCUT2D eigenvalue weighted by Gasteiger charge is 2.13. The third-order valence-electron chi connectivity index (χ3n) is 4.76. The molecule has 0 radical (unpaired) electrons. The van der Waals surface area contributed by atoms with E-state index in [0.717, 1.165) is 0 Å². The summed E-state index contributed by atoms with van der Waals surface area (Å²) in [5.74, 6) is 0.212. The number of carbonyl (C=O) groups is 1. The number of amides is 1. The number of nitrogens with zero attached hydrogens (tertiary/aromatic N) is 2. The Morgan fingerprint density at radius 2 is 2.03 bits per heavy atom. The third-order valence-corrected chi connectivity index (χ3v) is 4.76. The Kier molecular flexibility index (Phi) is 7.53. The van der Waals surface area contributed by atoms with Gasteiger partial charge < -0.3 is 29.8 Å². The molecule has 35 heavy (non-hydrogen) atoms. The van der Waals surface area contributed by atoms with Gasteiger partial charge in [-0.05, 0) is 43.3 Å². The fourth-order valence-corrected chi connectivity index (χ4v) is 3.17. The van der Waals surface area contributed by atoms with Crippen LogP contribution in [0.1, 0.15) is 6.92 Å². The van der Waals surface area contributed by atoms with Crippen LogP contribution in [0, 0.1) is 5.82 Å². The van der Waals surface area contributed by atoms with Crippen LogP contribution in [0.25, 0.3) is 11.0 Å². The molecule has 3 N–H and O–H groups in total. The number of fused-ring (bicyclic) bond motifs is 1. The number of carbonyl (C=O) groups excluding carboxylic acids is 1. The zero-order valence-corrected chi connectivity index (χ0v) is 19.0. The standard InChI is InChI=1S/C25H24FN5O4/c1-3-22(32)28-16-6-5-7-18(14-16)35-24-19-10-11-27-23(19)30-25(31-24)29-17-8-9-21(20(26)15-17)34-13-12-33-4-2/h3,5-11,14-15H,1,4,12-13H2,2H3,(H,28,32)(H2,27,29,30,31). The van der Waals surface area contributed by atoms with Gasteiger partial charge >= 0.3 is 0 Å². The number of aromatic nitrogens is 3. The van der Waals surface area contributed by atoms with E-state index in [1.54, 1.807) is 42.6 Å². The molecule has 0 aliphatic heterocycles. The normalized spacial score (nSPS) is 10.7. The highest BCUT2D eigenvalue weighted by atomic mass is 19.1. The van der Waals surface area contributed by atoms with Crippen molar-refractivity contribution in [3.05, 3.63) is 73.2 Å². The number of ether oxygens (including phenoxy) is 3. The van der Waals surface area contributed by atoms with Crippen LogP contribution in [-0.2, 0) is 9.53 Å². The first-order valence-corrected chi connectivity index (χ1v) is 10.9. The Morgan fingerprint density at radius 3 is 2.83 bits per heavy atom. The number of aromatic amines is 1. The van der Waals surface area contributed by atoms with Crippen LogP contribution >= 0.6 is 0 Å². The molecule has 2 aromatic heterocycles. The van der Waals surface area contributed by atoms with Crippen molar-refractivity contribution < 1.29 is 23.4 Å². The van der Waals surface area contributed by atoms with Crippen molar-refractivity contribution >= 4 is 34.3 Å². The SMILES string of the molecule is C=CC(=O)Nc1cccc(Oc2nc(Nc3ccc(OCCOCC)c(F)c3)nc3[nH]ccc23)c1. The lowest BCUT2D eigenvalue weighted by molar-refractivity contribution is -0.111. The lowest BCUT2D eigenvalue weighted by Crippen LogP contribution is -2.07. The maximum Gasteiger partial charge on any atom is 0.247 e. The van der Waals surface area contributed by atoms with Gasteiger partial charge in [0, 0.05) is 36.3 Å². The maximum absolute atomic E-state index is 14.5. The van der Waals surface area contributed by atoms with Gasteiger partial charge in [0.15, 0.2) is 11.6 Å². The molecule has 2 heterocycles. The second-order valence-electron chi connectivity index (χ2n) is 7.23. The first kappa shape index (κ1) is 23.7. The molecule has 4 aromatic rings. The third kappa shape index (κ3) is 6.12. The fraction of sp³-hybridized carbons (Fsp3) is 0.160. The van der Waals surface area contributed by atoms with E-state index in [0.29, 0.717) is 41.4 Å². The van der Waals surface area contributed by atoms with E-state index in [9.17, 15) is 9.18 Å². The molecule has 0 atom stereocenters. The van der Waals surface area contributed by atoms with Crippen LogP contribution in [0.2, 0.25) is 0 Å². The molecule has 0 bridgehead atoms. The van der Waals surface area contributed by atoms with Crippen molar-refractivity contribution in [2.45, 2.75) is 6.92 Å². The molecular weight excluding hydrogens is 453 g/mol. The minimum Gasteiger partial charge on any atom is -0.488 e. The summed E-state index contributed by atoms with van der Waals surface area (Å²) >= 11 is 0. The Hall–Kier alpha value is -4.44.